The Morgan fingerprint density at radius 3 is 2.60 bits per heavy atom. The van der Waals surface area contributed by atoms with Crippen LogP contribution in [0.5, 0.6) is 0 Å². The molecule has 0 heterocycles. The quantitative estimate of drug-likeness (QED) is 0.885. The van der Waals surface area contributed by atoms with Crippen LogP contribution in [0.2, 0.25) is 0 Å². The number of hydrogen-bond donors (Lipinski definition) is 2. The van der Waals surface area contributed by atoms with E-state index < -0.39 is 0 Å². The van der Waals surface area contributed by atoms with E-state index in [4.69, 9.17) is 11.0 Å². The Morgan fingerprint density at radius 1 is 1.47 bits per heavy atom. The van der Waals surface area contributed by atoms with Gasteiger partial charge in [0.15, 0.2) is 0 Å². The third-order valence-electron chi connectivity index (χ3n) is 2.27. The molecular weight excluding hydrogens is 254 g/mol. The van der Waals surface area contributed by atoms with Gasteiger partial charge >= 0.3 is 0 Å². The van der Waals surface area contributed by atoms with Gasteiger partial charge in [-0.2, -0.15) is 5.26 Å². The minimum absolute atomic E-state index is 0.0764. The highest BCUT2D eigenvalue weighted by Crippen LogP contribution is 2.24. The first-order valence-corrected chi connectivity index (χ1v) is 5.55. The topological polar surface area (TPSA) is 61.8 Å². The van der Waals surface area contributed by atoms with Crippen LogP contribution in [0.3, 0.4) is 0 Å². The van der Waals surface area contributed by atoms with E-state index in [1.54, 1.807) is 12.1 Å². The molecule has 80 valence electrons. The maximum absolute atomic E-state index is 8.71. The van der Waals surface area contributed by atoms with E-state index in [2.05, 4.69) is 27.3 Å². The molecule has 0 amide bonds. The highest BCUT2D eigenvalue weighted by atomic mass is 79.9. The second kappa shape index (κ2) is 5.15. The number of nitrogens with one attached hydrogen (secondary N) is 1. The fraction of sp³-hybridized carbons (Fsp3) is 0.364. The molecule has 0 radical (unpaired) electrons. The van der Waals surface area contributed by atoms with Gasteiger partial charge in [0.2, 0.25) is 0 Å². The molecule has 0 saturated carbocycles. The van der Waals surface area contributed by atoms with Crippen molar-refractivity contribution in [2.45, 2.75) is 25.9 Å². The van der Waals surface area contributed by atoms with Crippen LogP contribution in [-0.2, 0) is 0 Å². The van der Waals surface area contributed by atoms with Crippen molar-refractivity contribution in [2.24, 2.45) is 5.73 Å². The molecule has 0 aromatic heterocycles. The Morgan fingerprint density at radius 2 is 2.13 bits per heavy atom. The van der Waals surface area contributed by atoms with Gasteiger partial charge in [0.25, 0.3) is 0 Å². The molecule has 1 rings (SSSR count). The summed E-state index contributed by atoms with van der Waals surface area (Å²) >= 11 is 3.41. The maximum Gasteiger partial charge on any atom is 0.0992 e. The summed E-state index contributed by atoms with van der Waals surface area (Å²) in [6.45, 7) is 3.98. The van der Waals surface area contributed by atoms with Crippen LogP contribution < -0.4 is 11.1 Å². The Bertz CT molecular complexity index is 382. The molecule has 0 fully saturated rings. The summed E-state index contributed by atoms with van der Waals surface area (Å²) < 4.78 is 0.883. The highest BCUT2D eigenvalue weighted by molar-refractivity contribution is 9.10. The molecule has 3 N–H and O–H groups in total. The van der Waals surface area contributed by atoms with Crippen molar-refractivity contribution in [2.75, 3.05) is 5.32 Å². The van der Waals surface area contributed by atoms with Crippen LogP contribution in [-0.4, -0.2) is 12.1 Å². The molecule has 0 aliphatic carbocycles. The minimum atomic E-state index is 0.0764. The molecule has 0 aliphatic rings. The maximum atomic E-state index is 8.71. The normalized spacial score (nSPS) is 14.1. The van der Waals surface area contributed by atoms with Crippen LogP contribution in [0.15, 0.2) is 22.7 Å². The molecule has 0 bridgehead atoms. The molecule has 1 aromatic rings. The molecule has 0 aliphatic heterocycles. The van der Waals surface area contributed by atoms with E-state index in [1.807, 2.05) is 19.9 Å². The molecule has 2 atom stereocenters. The fourth-order valence-corrected chi connectivity index (χ4v) is 1.57. The summed E-state index contributed by atoms with van der Waals surface area (Å²) in [6, 6.07) is 7.80. The molecule has 15 heavy (non-hydrogen) atoms. The molecule has 3 nitrogen and oxygen atoms in total. The van der Waals surface area contributed by atoms with Gasteiger partial charge in [-0.1, -0.05) is 0 Å². The number of anilines is 1. The average Bonchev–Trinajstić information content (AvgIpc) is 2.20. The van der Waals surface area contributed by atoms with Gasteiger partial charge in [0.1, 0.15) is 0 Å². The first kappa shape index (κ1) is 12.0. The number of benzene rings is 1. The number of rotatable bonds is 3. The van der Waals surface area contributed by atoms with Gasteiger partial charge in [-0.05, 0) is 48.0 Å². The largest absolute Gasteiger partial charge is 0.380 e. The van der Waals surface area contributed by atoms with Crippen LogP contribution in [0, 0.1) is 11.3 Å². The van der Waals surface area contributed by atoms with Crippen LogP contribution in [0.4, 0.5) is 5.69 Å². The van der Waals surface area contributed by atoms with Gasteiger partial charge in [-0.3, -0.25) is 0 Å². The Hall–Kier alpha value is -1.05. The molecule has 0 saturated heterocycles. The lowest BCUT2D eigenvalue weighted by atomic mass is 10.1. The Kier molecular flexibility index (Phi) is 4.13. The van der Waals surface area contributed by atoms with E-state index in [1.165, 1.54) is 0 Å². The zero-order valence-corrected chi connectivity index (χ0v) is 10.4. The van der Waals surface area contributed by atoms with Gasteiger partial charge in [0.05, 0.1) is 11.6 Å². The molecule has 1 aromatic carbocycles. The van der Waals surface area contributed by atoms with Crippen molar-refractivity contribution in [1.29, 1.82) is 5.26 Å². The van der Waals surface area contributed by atoms with E-state index in [0.29, 0.717) is 5.56 Å². The fourth-order valence-electron chi connectivity index (χ4n) is 1.08. The minimum Gasteiger partial charge on any atom is -0.380 e. The van der Waals surface area contributed by atoms with Crippen LogP contribution in [0.1, 0.15) is 19.4 Å². The van der Waals surface area contributed by atoms with E-state index in [9.17, 15) is 0 Å². The molecular formula is C11H14BrN3. The van der Waals surface area contributed by atoms with Crippen molar-refractivity contribution in [3.8, 4) is 6.07 Å². The van der Waals surface area contributed by atoms with Crippen molar-refractivity contribution in [3.05, 3.63) is 28.2 Å². The van der Waals surface area contributed by atoms with E-state index in [-0.39, 0.29) is 12.1 Å². The Balaban J connectivity index is 2.84. The first-order valence-electron chi connectivity index (χ1n) is 4.76. The predicted molar refractivity (Wildman–Crippen MR) is 65.6 cm³/mol. The number of nitrogens with zero attached hydrogens (tertiary/aromatic N) is 1. The third kappa shape index (κ3) is 3.22. The van der Waals surface area contributed by atoms with Gasteiger partial charge in [0, 0.05) is 22.2 Å². The number of hydrogen-bond acceptors (Lipinski definition) is 3. The molecule has 2 unspecified atom stereocenters. The lowest BCUT2D eigenvalue weighted by Crippen LogP contribution is -2.35. The van der Waals surface area contributed by atoms with E-state index >= 15 is 0 Å². The number of nitriles is 1. The summed E-state index contributed by atoms with van der Waals surface area (Å²) in [4.78, 5) is 0. The summed E-state index contributed by atoms with van der Waals surface area (Å²) in [7, 11) is 0. The van der Waals surface area contributed by atoms with Crippen molar-refractivity contribution in [3.63, 3.8) is 0 Å². The van der Waals surface area contributed by atoms with Gasteiger partial charge < -0.3 is 11.1 Å². The average molecular weight is 268 g/mol. The summed E-state index contributed by atoms with van der Waals surface area (Å²) in [6.07, 6.45) is 0. The third-order valence-corrected chi connectivity index (χ3v) is 2.93. The number of nitrogens with two attached hydrogens (primary N) is 1. The summed E-state index contributed by atoms with van der Waals surface area (Å²) in [5.41, 5.74) is 7.36. The second-order valence-electron chi connectivity index (χ2n) is 3.60. The molecule has 0 spiro atoms. The van der Waals surface area contributed by atoms with Crippen molar-refractivity contribution >= 4 is 21.6 Å². The van der Waals surface area contributed by atoms with Gasteiger partial charge in [-0.25, -0.2) is 0 Å². The van der Waals surface area contributed by atoms with E-state index in [0.717, 1.165) is 10.2 Å². The SMILES string of the molecule is CC(N)C(C)Nc1ccc(C#N)cc1Br. The van der Waals surface area contributed by atoms with Gasteiger partial charge in [-0.15, -0.1) is 0 Å². The monoisotopic (exact) mass is 267 g/mol. The predicted octanol–water partition coefficient (Wildman–Crippen LogP) is 2.47. The highest BCUT2D eigenvalue weighted by Gasteiger charge is 2.09. The zero-order chi connectivity index (χ0) is 11.4. The molecule has 4 heteroatoms. The van der Waals surface area contributed by atoms with Crippen LogP contribution >= 0.6 is 15.9 Å². The lowest BCUT2D eigenvalue weighted by Gasteiger charge is -2.19. The van der Waals surface area contributed by atoms with Crippen LogP contribution in [0.25, 0.3) is 0 Å². The summed E-state index contributed by atoms with van der Waals surface area (Å²) in [5.74, 6) is 0. The first-order chi connectivity index (χ1) is 7.04. The standard InChI is InChI=1S/C11H14BrN3/c1-7(14)8(2)15-11-4-3-9(6-13)5-10(11)12/h3-5,7-8,15H,14H2,1-2H3. The zero-order valence-electron chi connectivity index (χ0n) is 8.79. The summed E-state index contributed by atoms with van der Waals surface area (Å²) in [5, 5.41) is 12.0. The van der Waals surface area contributed by atoms with Crippen molar-refractivity contribution < 1.29 is 0 Å². The number of halogens is 1. The smallest absolute Gasteiger partial charge is 0.0992 e. The Labute approximate surface area is 98.4 Å². The lowest BCUT2D eigenvalue weighted by molar-refractivity contribution is 0.638. The second-order valence-corrected chi connectivity index (χ2v) is 4.45. The van der Waals surface area contributed by atoms with Crippen molar-refractivity contribution in [1.82, 2.24) is 0 Å².